The minimum Gasteiger partial charge on any atom is -0.166 e. The van der Waals surface area contributed by atoms with Crippen LogP contribution in [0.3, 0.4) is 0 Å². The number of fused-ring (bicyclic) bond motifs is 6. The van der Waals surface area contributed by atoms with E-state index in [4.69, 9.17) is 0 Å². The Kier molecular flexibility index (Phi) is 28.0. The van der Waals surface area contributed by atoms with Crippen molar-refractivity contribution >= 4 is 64.6 Å². The van der Waals surface area contributed by atoms with Crippen molar-refractivity contribution in [2.75, 3.05) is 0 Å². The summed E-state index contributed by atoms with van der Waals surface area (Å²) in [4.78, 5) is 0. The van der Waals surface area contributed by atoms with E-state index in [1.807, 2.05) is 0 Å². The molecular formula is C132H132F12. The molecule has 0 nitrogen and oxygen atoms in total. The van der Waals surface area contributed by atoms with Crippen LogP contribution < -0.4 is 0 Å². The average molecular weight is 1950 g/mol. The van der Waals surface area contributed by atoms with Gasteiger partial charge < -0.3 is 0 Å². The van der Waals surface area contributed by atoms with Crippen LogP contribution in [0.2, 0.25) is 0 Å². The van der Waals surface area contributed by atoms with Crippen LogP contribution in [0.1, 0.15) is 328 Å². The van der Waals surface area contributed by atoms with Crippen LogP contribution in [0.25, 0.3) is 154 Å². The predicted octanol–water partition coefficient (Wildman–Crippen LogP) is 42.6. The Hall–Kier alpha value is -11.8. The minimum atomic E-state index is -4.64. The lowest BCUT2D eigenvalue weighted by Gasteiger charge is -2.29. The summed E-state index contributed by atoms with van der Waals surface area (Å²) in [6.07, 6.45) is 8.41. The molecule has 744 valence electrons. The highest BCUT2D eigenvalue weighted by Crippen LogP contribution is 2.60. The van der Waals surface area contributed by atoms with Crippen LogP contribution in [0.5, 0.6) is 0 Å². The molecule has 0 atom stereocenters. The third-order valence-corrected chi connectivity index (χ3v) is 34.5. The molecule has 0 N–H and O–H groups in total. The number of halogens is 12. The molecule has 0 bridgehead atoms. The first-order chi connectivity index (χ1) is 68.7. The Morgan fingerprint density at radius 3 is 0.639 bits per heavy atom. The molecule has 0 heterocycles. The molecule has 0 aliphatic heterocycles. The highest BCUT2D eigenvalue weighted by molar-refractivity contribution is 6.36. The van der Waals surface area contributed by atoms with E-state index in [-0.39, 0.29) is 21.7 Å². The zero-order valence-corrected chi connectivity index (χ0v) is 85.2. The summed E-state index contributed by atoms with van der Waals surface area (Å²) >= 11 is 0. The van der Waals surface area contributed by atoms with Gasteiger partial charge in [-0.15, -0.1) is 0 Å². The molecule has 4 aliphatic carbocycles. The Morgan fingerprint density at radius 2 is 0.382 bits per heavy atom. The van der Waals surface area contributed by atoms with Gasteiger partial charge in [-0.2, -0.15) is 52.7 Å². The van der Waals surface area contributed by atoms with E-state index in [0.717, 1.165) is 247 Å². The predicted molar refractivity (Wildman–Crippen MR) is 578 cm³/mol. The number of benzene rings is 16. The Bertz CT molecular complexity index is 6970. The second-order valence-corrected chi connectivity index (χ2v) is 44.6. The zero-order valence-electron chi connectivity index (χ0n) is 85.2. The van der Waals surface area contributed by atoms with Crippen molar-refractivity contribution in [3.05, 3.63) is 334 Å². The van der Waals surface area contributed by atoms with Gasteiger partial charge in [0.2, 0.25) is 0 Å². The molecule has 16 aromatic rings. The van der Waals surface area contributed by atoms with Crippen molar-refractivity contribution in [3.63, 3.8) is 0 Å². The van der Waals surface area contributed by atoms with Crippen LogP contribution in [-0.4, -0.2) is 0 Å². The van der Waals surface area contributed by atoms with Crippen molar-refractivity contribution < 1.29 is 52.7 Å². The molecule has 0 saturated heterocycles. The monoisotopic (exact) mass is 1950 g/mol. The minimum absolute atomic E-state index is 0.135. The van der Waals surface area contributed by atoms with E-state index >= 15 is 26.3 Å². The molecule has 12 heteroatoms. The van der Waals surface area contributed by atoms with Crippen LogP contribution in [0, 0.1) is 0 Å². The molecule has 16 aromatic carbocycles. The highest BCUT2D eigenvalue weighted by Gasteiger charge is 2.40. The van der Waals surface area contributed by atoms with Gasteiger partial charge in [0.15, 0.2) is 0 Å². The molecule has 0 amide bonds. The molecule has 4 aliphatic rings. The highest BCUT2D eigenvalue weighted by atomic mass is 19.4. The fourth-order valence-corrected chi connectivity index (χ4v) is 24.2. The van der Waals surface area contributed by atoms with E-state index in [9.17, 15) is 26.3 Å². The van der Waals surface area contributed by atoms with Crippen LogP contribution in [0.4, 0.5) is 52.7 Å². The van der Waals surface area contributed by atoms with Gasteiger partial charge in [-0.05, 0) is 381 Å². The van der Waals surface area contributed by atoms with E-state index in [1.54, 1.807) is 36.4 Å². The summed E-state index contributed by atoms with van der Waals surface area (Å²) in [5.41, 5.74) is 17.9. The van der Waals surface area contributed by atoms with Gasteiger partial charge in [-0.25, -0.2) is 0 Å². The summed E-state index contributed by atoms with van der Waals surface area (Å²) in [7, 11) is 0. The molecule has 4 fully saturated rings. The topological polar surface area (TPSA) is 0 Å². The zero-order chi connectivity index (χ0) is 101. The third kappa shape index (κ3) is 19.7. The van der Waals surface area contributed by atoms with Crippen molar-refractivity contribution in [3.8, 4) is 89.0 Å². The van der Waals surface area contributed by atoms with Crippen molar-refractivity contribution in [2.24, 2.45) is 0 Å². The first-order valence-corrected chi connectivity index (χ1v) is 53.0. The quantitative estimate of drug-likeness (QED) is 0.0527. The molecular weight excluding hydrogens is 1810 g/mol. The molecule has 144 heavy (non-hydrogen) atoms. The molecule has 0 spiro atoms. The fourth-order valence-electron chi connectivity index (χ4n) is 24.2. The van der Waals surface area contributed by atoms with E-state index in [2.05, 4.69) is 253 Å². The summed E-state index contributed by atoms with van der Waals surface area (Å²) in [5, 5.41) is 10.2. The molecule has 0 aromatic heterocycles. The number of rotatable bonds is 20. The molecule has 0 radical (unpaired) electrons. The lowest BCUT2D eigenvalue weighted by atomic mass is 9.74. The summed E-state index contributed by atoms with van der Waals surface area (Å²) in [5.74, 6) is 1.68. The van der Waals surface area contributed by atoms with Crippen molar-refractivity contribution in [1.29, 1.82) is 0 Å². The average Bonchev–Trinajstić information content (AvgIpc) is 0.694. The van der Waals surface area contributed by atoms with Gasteiger partial charge in [0.05, 0.1) is 22.3 Å². The van der Waals surface area contributed by atoms with Gasteiger partial charge >= 0.3 is 24.7 Å². The lowest BCUT2D eigenvalue weighted by Crippen LogP contribution is -2.15. The first-order valence-electron chi connectivity index (χ1n) is 53.0. The fraction of sp³-hybridized carbons (Fsp3) is 0.364. The third-order valence-electron chi connectivity index (χ3n) is 34.5. The van der Waals surface area contributed by atoms with Crippen LogP contribution in [0.15, 0.2) is 267 Å². The molecule has 0 unspecified atom stereocenters. The number of alkyl halides is 12. The Balaban J connectivity index is 0.000000183. The van der Waals surface area contributed by atoms with Crippen LogP contribution in [-0.2, 0) is 46.4 Å². The van der Waals surface area contributed by atoms with Crippen molar-refractivity contribution in [2.45, 2.75) is 307 Å². The van der Waals surface area contributed by atoms with Gasteiger partial charge in [0.1, 0.15) is 0 Å². The summed E-state index contributed by atoms with van der Waals surface area (Å²) < 4.78 is 177. The molecule has 4 saturated carbocycles. The Labute approximate surface area is 842 Å². The second-order valence-electron chi connectivity index (χ2n) is 44.6. The summed E-state index contributed by atoms with van der Waals surface area (Å²) in [6, 6.07) is 84.4. The SMILES string of the molecule is CCC(C)(C)c1ccc(-c2c3ccc(C(C)(C)CC)cc3c(-c3cccc(C(F)(F)F)c3)c3c(-c4ccc(C(C)(C)CC)cc4)c4ccc(C(C)(C)CC)cc4c(-c4cccc(C(F)(F)F)c4)c23)cc1.FC(F)(F)c1ccc(-c2c3cc(C4CCCCC4)ccc3c(-c3ccc(C4CCCCC4)cc3)c3c(-c4ccc(C(F)(F)F)cc4)c4cc(C5CCCCC5)ccc4c(-c4ccc(C5CCCCC5)cc4)c23)cc1. The summed E-state index contributed by atoms with van der Waals surface area (Å²) in [6.45, 7) is 26.1. The smallest absolute Gasteiger partial charge is 0.166 e. The van der Waals surface area contributed by atoms with Crippen LogP contribution >= 0.6 is 0 Å². The maximum Gasteiger partial charge on any atom is 0.416 e. The van der Waals surface area contributed by atoms with Gasteiger partial charge in [0, 0.05) is 0 Å². The van der Waals surface area contributed by atoms with Gasteiger partial charge in [0.25, 0.3) is 0 Å². The molecule has 20 rings (SSSR count). The lowest BCUT2D eigenvalue weighted by molar-refractivity contribution is -0.138. The van der Waals surface area contributed by atoms with Crippen molar-refractivity contribution in [1.82, 2.24) is 0 Å². The van der Waals surface area contributed by atoms with E-state index in [1.165, 1.54) is 122 Å². The maximum absolute atomic E-state index is 15.0. The Morgan fingerprint density at radius 1 is 0.181 bits per heavy atom. The van der Waals surface area contributed by atoms with Gasteiger partial charge in [-0.1, -0.05) is 366 Å². The standard InChI is InChI=1S/C68H66F6.C64H66F6/c69-67(70,71)55-35-29-51(30-36-55)63-60-42-54(46-19-11-4-12-20-46)34-40-58(60)62(50-27-23-48(24-28-50)44-15-7-2-8-16-44)66-64(52-31-37-56(38-32-52)68(72,73)74)59-41-53(45-17-9-3-10-18-45)33-39-57(59)61(65(63)66)49-25-21-47(22-26-49)43-13-5-1-6-14-43;1-13-59(5,6)43-27-23-39(24-28-43)53-49-33-31-45(61(9,10)15-3)37-51(49)56(42-20-18-22-48(36-42)64(68,69)70)58-54(40-25-29-44(30-26-40)60(7,8)14-2)50-34-32-46(62(11,12)16-4)38-52(50)55(57(53)58)41-19-17-21-47(35-41)63(65,66)67/h21-46H,1-20H2;17-38H,13-16H2,1-12H3. The van der Waals surface area contributed by atoms with Gasteiger partial charge in [-0.3, -0.25) is 0 Å². The van der Waals surface area contributed by atoms with E-state index < -0.39 is 47.0 Å². The normalized spacial score (nSPS) is 15.8. The number of hydrogen-bond donors (Lipinski definition) is 0. The number of hydrogen-bond acceptors (Lipinski definition) is 0. The second kappa shape index (κ2) is 39.9. The first kappa shape index (κ1) is 101. The van der Waals surface area contributed by atoms with E-state index in [0.29, 0.717) is 67.8 Å². The maximum atomic E-state index is 15.0. The largest absolute Gasteiger partial charge is 0.416 e.